The molecule has 0 bridgehead atoms. The van der Waals surface area contributed by atoms with Gasteiger partial charge in [0.25, 0.3) is 0 Å². The van der Waals surface area contributed by atoms with Gasteiger partial charge in [-0.25, -0.2) is 0 Å². The number of nitrogens with zero attached hydrogens (tertiary/aromatic N) is 4. The Balaban J connectivity index is 1.17. The number of hydrogen-bond acceptors (Lipinski definition) is 5. The van der Waals surface area contributed by atoms with E-state index in [1.165, 1.54) is 0 Å². The number of aromatic nitrogens is 1. The zero-order chi connectivity index (χ0) is 19.1. The minimum atomic E-state index is -0.199. The van der Waals surface area contributed by atoms with Crippen LogP contribution in [0.4, 0.5) is 5.69 Å². The van der Waals surface area contributed by atoms with Crippen molar-refractivity contribution in [1.82, 2.24) is 14.8 Å². The average molecular weight is 375 g/mol. The quantitative estimate of drug-likeness (QED) is 0.889. The van der Waals surface area contributed by atoms with Crippen LogP contribution in [-0.2, 0) is 4.79 Å². The van der Waals surface area contributed by atoms with Gasteiger partial charge in [0.05, 0.1) is 18.1 Å². The smallest absolute Gasteiger partial charge is 0.238 e. The molecule has 1 amide bonds. The van der Waals surface area contributed by atoms with Crippen molar-refractivity contribution in [2.24, 2.45) is 5.92 Å². The standard InChI is InChI=1S/C22H25N5O/c23-13-17-11-15-12-21(15)27(17)22(28)14-26-9-6-16(7-10-26)25-20-5-1-4-19-18(20)3-2-8-24-19/h1-5,8,15-17,21,25H,6-7,9-12,14H2/t15-,17?,21?/m1/s1. The summed E-state index contributed by atoms with van der Waals surface area (Å²) in [5.41, 5.74) is 2.14. The minimum absolute atomic E-state index is 0.142. The molecule has 2 aromatic rings. The van der Waals surface area contributed by atoms with Crippen molar-refractivity contribution in [1.29, 1.82) is 5.26 Å². The number of piperidine rings is 2. The Morgan fingerprint density at radius 2 is 2.07 bits per heavy atom. The largest absolute Gasteiger partial charge is 0.382 e. The average Bonchev–Trinajstić information content (AvgIpc) is 3.39. The van der Waals surface area contributed by atoms with Crippen LogP contribution < -0.4 is 5.32 Å². The molecule has 3 atom stereocenters. The molecule has 3 aliphatic rings. The molecule has 1 aromatic carbocycles. The molecular weight excluding hydrogens is 350 g/mol. The van der Waals surface area contributed by atoms with E-state index in [1.807, 2.05) is 29.3 Å². The SMILES string of the molecule is N#CC1C[C@@H]2CC2N1C(=O)CN1CCC(Nc2cccc3ncccc23)CC1. The number of hydrogen-bond donors (Lipinski definition) is 1. The number of carbonyl (C=O) groups excluding carboxylic acids is 1. The predicted molar refractivity (Wildman–Crippen MR) is 108 cm³/mol. The number of anilines is 1. The summed E-state index contributed by atoms with van der Waals surface area (Å²) in [5, 5.41) is 14.1. The van der Waals surface area contributed by atoms with Gasteiger partial charge in [-0.2, -0.15) is 5.26 Å². The number of nitrogens with one attached hydrogen (secondary N) is 1. The maximum absolute atomic E-state index is 12.7. The van der Waals surface area contributed by atoms with Gasteiger partial charge >= 0.3 is 0 Å². The number of pyridine rings is 1. The fraction of sp³-hybridized carbons (Fsp3) is 0.500. The Morgan fingerprint density at radius 1 is 1.21 bits per heavy atom. The maximum atomic E-state index is 12.7. The van der Waals surface area contributed by atoms with E-state index in [0.717, 1.165) is 55.4 Å². The molecule has 2 aliphatic heterocycles. The highest BCUT2D eigenvalue weighted by Gasteiger charge is 2.54. The van der Waals surface area contributed by atoms with E-state index < -0.39 is 0 Å². The van der Waals surface area contributed by atoms with Crippen molar-refractivity contribution in [3.05, 3.63) is 36.5 Å². The Labute approximate surface area is 165 Å². The molecule has 3 fully saturated rings. The van der Waals surface area contributed by atoms with E-state index in [2.05, 4.69) is 33.4 Å². The third kappa shape index (κ3) is 3.20. The van der Waals surface area contributed by atoms with Crippen LogP contribution in [0.25, 0.3) is 10.9 Å². The first kappa shape index (κ1) is 17.4. The molecule has 1 aromatic heterocycles. The Kier molecular flexibility index (Phi) is 4.40. The summed E-state index contributed by atoms with van der Waals surface area (Å²) in [4.78, 5) is 21.3. The van der Waals surface area contributed by atoms with Gasteiger partial charge in [-0.15, -0.1) is 0 Å². The maximum Gasteiger partial charge on any atom is 0.238 e. The van der Waals surface area contributed by atoms with Crippen molar-refractivity contribution in [2.45, 2.75) is 43.8 Å². The third-order valence-electron chi connectivity index (χ3n) is 6.49. The zero-order valence-corrected chi connectivity index (χ0v) is 15.9. The molecule has 1 saturated carbocycles. The lowest BCUT2D eigenvalue weighted by atomic mass is 10.0. The predicted octanol–water partition coefficient (Wildman–Crippen LogP) is 2.62. The lowest BCUT2D eigenvalue weighted by Crippen LogP contribution is -2.47. The van der Waals surface area contributed by atoms with Crippen LogP contribution in [0.2, 0.25) is 0 Å². The Bertz CT molecular complexity index is 925. The fourth-order valence-corrected chi connectivity index (χ4v) is 4.89. The van der Waals surface area contributed by atoms with Crippen molar-refractivity contribution in [3.63, 3.8) is 0 Å². The van der Waals surface area contributed by atoms with Crippen molar-refractivity contribution in [2.75, 3.05) is 25.0 Å². The van der Waals surface area contributed by atoms with E-state index in [1.54, 1.807) is 0 Å². The lowest BCUT2D eigenvalue weighted by molar-refractivity contribution is -0.133. The molecule has 1 N–H and O–H groups in total. The zero-order valence-electron chi connectivity index (χ0n) is 15.9. The second kappa shape index (κ2) is 7.06. The highest BCUT2D eigenvalue weighted by molar-refractivity contribution is 5.91. The molecule has 2 unspecified atom stereocenters. The first-order valence-electron chi connectivity index (χ1n) is 10.3. The Morgan fingerprint density at radius 3 is 2.89 bits per heavy atom. The lowest BCUT2D eigenvalue weighted by Gasteiger charge is -2.34. The Hall–Kier alpha value is -2.65. The molecule has 6 heteroatoms. The van der Waals surface area contributed by atoms with E-state index in [9.17, 15) is 10.1 Å². The van der Waals surface area contributed by atoms with Crippen LogP contribution in [0.1, 0.15) is 25.7 Å². The summed E-state index contributed by atoms with van der Waals surface area (Å²) in [6, 6.07) is 13.1. The van der Waals surface area contributed by atoms with E-state index in [0.29, 0.717) is 24.5 Å². The van der Waals surface area contributed by atoms with Crippen LogP contribution in [0.5, 0.6) is 0 Å². The normalized spacial score (nSPS) is 27.4. The van der Waals surface area contributed by atoms with Crippen molar-refractivity contribution in [3.8, 4) is 6.07 Å². The molecule has 0 radical (unpaired) electrons. The number of carbonyl (C=O) groups is 1. The van der Waals surface area contributed by atoms with Crippen LogP contribution in [0, 0.1) is 17.2 Å². The minimum Gasteiger partial charge on any atom is -0.382 e. The molecule has 144 valence electrons. The van der Waals surface area contributed by atoms with Gasteiger partial charge in [0.1, 0.15) is 6.04 Å². The first-order chi connectivity index (χ1) is 13.7. The van der Waals surface area contributed by atoms with Gasteiger partial charge in [-0.1, -0.05) is 6.07 Å². The summed E-state index contributed by atoms with van der Waals surface area (Å²) in [5.74, 6) is 0.724. The number of amides is 1. The first-order valence-corrected chi connectivity index (χ1v) is 10.3. The highest BCUT2D eigenvalue weighted by Crippen LogP contribution is 2.47. The molecule has 6 nitrogen and oxygen atoms in total. The number of rotatable bonds is 4. The van der Waals surface area contributed by atoms with Crippen molar-refractivity contribution >= 4 is 22.5 Å². The van der Waals surface area contributed by atoms with Gasteiger partial charge in [-0.05, 0) is 55.9 Å². The molecule has 5 rings (SSSR count). The topological polar surface area (TPSA) is 72.3 Å². The second-order valence-electron chi connectivity index (χ2n) is 8.32. The van der Waals surface area contributed by atoms with Crippen molar-refractivity contribution < 1.29 is 4.79 Å². The van der Waals surface area contributed by atoms with Crippen LogP contribution >= 0.6 is 0 Å². The number of fused-ring (bicyclic) bond motifs is 2. The molecule has 0 spiro atoms. The van der Waals surface area contributed by atoms with Crippen LogP contribution in [0.15, 0.2) is 36.5 Å². The summed E-state index contributed by atoms with van der Waals surface area (Å²) in [6.07, 6.45) is 5.81. The summed E-state index contributed by atoms with van der Waals surface area (Å²) in [7, 11) is 0. The summed E-state index contributed by atoms with van der Waals surface area (Å²) >= 11 is 0. The summed E-state index contributed by atoms with van der Waals surface area (Å²) < 4.78 is 0. The fourth-order valence-electron chi connectivity index (χ4n) is 4.89. The highest BCUT2D eigenvalue weighted by atomic mass is 16.2. The molecule has 3 heterocycles. The third-order valence-corrected chi connectivity index (χ3v) is 6.49. The van der Waals surface area contributed by atoms with Gasteiger partial charge in [0, 0.05) is 42.4 Å². The van der Waals surface area contributed by atoms with E-state index in [-0.39, 0.29) is 11.9 Å². The monoisotopic (exact) mass is 375 g/mol. The van der Waals surface area contributed by atoms with Crippen LogP contribution in [0.3, 0.4) is 0 Å². The molecule has 1 aliphatic carbocycles. The molecular formula is C22H25N5O. The van der Waals surface area contributed by atoms with Gasteiger partial charge in [0.2, 0.25) is 5.91 Å². The molecule has 2 saturated heterocycles. The second-order valence-corrected chi connectivity index (χ2v) is 8.32. The number of nitriles is 1. The number of likely N-dealkylation sites (tertiary alicyclic amines) is 2. The van der Waals surface area contributed by atoms with Gasteiger partial charge in [-0.3, -0.25) is 14.7 Å². The van der Waals surface area contributed by atoms with E-state index in [4.69, 9.17) is 0 Å². The van der Waals surface area contributed by atoms with E-state index >= 15 is 0 Å². The number of benzene rings is 1. The van der Waals surface area contributed by atoms with Gasteiger partial charge < -0.3 is 10.2 Å². The van der Waals surface area contributed by atoms with Gasteiger partial charge in [0.15, 0.2) is 0 Å². The summed E-state index contributed by atoms with van der Waals surface area (Å²) in [6.45, 7) is 2.27. The van der Waals surface area contributed by atoms with Crippen LogP contribution in [-0.4, -0.2) is 58.5 Å². The molecule has 28 heavy (non-hydrogen) atoms.